The highest BCUT2D eigenvalue weighted by molar-refractivity contribution is 8.16. The largest absolute Gasteiger partial charge is 0.497 e. The first-order valence-electron chi connectivity index (χ1n) is 11.5. The average Bonchev–Trinajstić information content (AvgIpc) is 3.24. The van der Waals surface area contributed by atoms with Crippen molar-refractivity contribution >= 4 is 28.8 Å². The second-order valence-electron chi connectivity index (χ2n) is 8.18. The van der Waals surface area contributed by atoms with Crippen molar-refractivity contribution in [2.75, 3.05) is 34.5 Å². The highest BCUT2D eigenvalue weighted by Crippen LogP contribution is 2.47. The summed E-state index contributed by atoms with van der Waals surface area (Å²) in [7, 11) is 4.69. The molecule has 0 saturated carbocycles. The molecule has 0 bridgehead atoms. The van der Waals surface area contributed by atoms with Crippen LogP contribution in [0.1, 0.15) is 45.2 Å². The number of carbonyl (C=O) groups is 2. The molecular formula is C25H33N3O6S. The van der Waals surface area contributed by atoms with E-state index in [1.165, 1.54) is 11.8 Å². The molecule has 1 aromatic rings. The lowest BCUT2D eigenvalue weighted by Crippen LogP contribution is -2.39. The number of esters is 1. The first-order valence-corrected chi connectivity index (χ1v) is 12.3. The molecule has 2 aliphatic heterocycles. The molecule has 0 spiro atoms. The number of methoxy groups -OCH3 is 3. The van der Waals surface area contributed by atoms with E-state index in [1.54, 1.807) is 34.3 Å². The Kier molecular flexibility index (Phi) is 9.22. The summed E-state index contributed by atoms with van der Waals surface area (Å²) in [5, 5.41) is 5.60. The van der Waals surface area contributed by atoms with Gasteiger partial charge >= 0.3 is 5.97 Å². The van der Waals surface area contributed by atoms with E-state index in [-0.39, 0.29) is 31.6 Å². The van der Waals surface area contributed by atoms with Crippen molar-refractivity contribution in [1.29, 1.82) is 0 Å². The molecule has 1 N–H and O–H groups in total. The SMILES string of the molecule is CC[C@@H](C)NC(=O)CC1=CSC2=NC(C)=C(C(=O)OCCOC)[C@H](c3ccc(OC)cc3OC)N12. The van der Waals surface area contributed by atoms with Gasteiger partial charge in [-0.15, -0.1) is 0 Å². The van der Waals surface area contributed by atoms with Gasteiger partial charge in [0.05, 0.1) is 44.6 Å². The van der Waals surface area contributed by atoms with Gasteiger partial charge in [0, 0.05) is 30.5 Å². The number of aliphatic imine (C=N–C) groups is 1. The highest BCUT2D eigenvalue weighted by Gasteiger charge is 2.42. The maximum Gasteiger partial charge on any atom is 0.338 e. The number of amidine groups is 1. The van der Waals surface area contributed by atoms with E-state index in [9.17, 15) is 9.59 Å². The Morgan fingerprint density at radius 2 is 1.97 bits per heavy atom. The van der Waals surface area contributed by atoms with Crippen molar-refractivity contribution in [2.24, 2.45) is 4.99 Å². The maximum absolute atomic E-state index is 13.3. The zero-order valence-electron chi connectivity index (χ0n) is 21.0. The Balaban J connectivity index is 2.05. The number of fused-ring (bicyclic) bond motifs is 1. The predicted octanol–water partition coefficient (Wildman–Crippen LogP) is 3.77. The summed E-state index contributed by atoms with van der Waals surface area (Å²) in [6.45, 7) is 6.17. The molecule has 0 saturated heterocycles. The van der Waals surface area contributed by atoms with E-state index in [2.05, 4.69) is 10.3 Å². The predicted molar refractivity (Wildman–Crippen MR) is 135 cm³/mol. The molecule has 35 heavy (non-hydrogen) atoms. The Bertz CT molecular complexity index is 1050. The fraction of sp³-hybridized carbons (Fsp3) is 0.480. The lowest BCUT2D eigenvalue weighted by Gasteiger charge is -2.37. The van der Waals surface area contributed by atoms with Crippen LogP contribution in [0.15, 0.2) is 45.6 Å². The summed E-state index contributed by atoms with van der Waals surface area (Å²) < 4.78 is 21.6. The van der Waals surface area contributed by atoms with Crippen molar-refractivity contribution in [3.63, 3.8) is 0 Å². The Morgan fingerprint density at radius 1 is 1.20 bits per heavy atom. The third-order valence-electron chi connectivity index (χ3n) is 5.84. The Morgan fingerprint density at radius 3 is 2.63 bits per heavy atom. The summed E-state index contributed by atoms with van der Waals surface area (Å²) >= 11 is 1.42. The van der Waals surface area contributed by atoms with Gasteiger partial charge in [0.1, 0.15) is 18.1 Å². The van der Waals surface area contributed by atoms with Crippen molar-refractivity contribution in [3.8, 4) is 11.5 Å². The number of hydrogen-bond acceptors (Lipinski definition) is 9. The molecule has 0 aliphatic carbocycles. The van der Waals surface area contributed by atoms with E-state index in [4.69, 9.17) is 18.9 Å². The zero-order valence-corrected chi connectivity index (χ0v) is 21.9. The second-order valence-corrected chi connectivity index (χ2v) is 9.02. The molecule has 1 amide bonds. The molecule has 0 radical (unpaired) electrons. The van der Waals surface area contributed by atoms with Gasteiger partial charge in [-0.3, -0.25) is 4.79 Å². The van der Waals surface area contributed by atoms with Gasteiger partial charge in [-0.2, -0.15) is 0 Å². The van der Waals surface area contributed by atoms with Crippen LogP contribution in [-0.2, 0) is 19.1 Å². The quantitative estimate of drug-likeness (QED) is 0.360. The van der Waals surface area contributed by atoms with Crippen LogP contribution in [0.5, 0.6) is 11.5 Å². The zero-order chi connectivity index (χ0) is 25.5. The fourth-order valence-corrected chi connectivity index (χ4v) is 4.82. The van der Waals surface area contributed by atoms with Crippen LogP contribution in [0.3, 0.4) is 0 Å². The molecule has 0 aromatic heterocycles. The minimum Gasteiger partial charge on any atom is -0.497 e. The minimum absolute atomic E-state index is 0.0672. The van der Waals surface area contributed by atoms with Crippen LogP contribution in [0, 0.1) is 0 Å². The Labute approximate surface area is 210 Å². The van der Waals surface area contributed by atoms with Crippen LogP contribution < -0.4 is 14.8 Å². The summed E-state index contributed by atoms with van der Waals surface area (Å²) in [6, 6.07) is 4.91. The van der Waals surface area contributed by atoms with Crippen molar-refractivity contribution in [1.82, 2.24) is 10.2 Å². The number of carbonyl (C=O) groups excluding carboxylic acids is 2. The normalized spacial score (nSPS) is 17.9. The first kappa shape index (κ1) is 26.6. The number of benzene rings is 1. The van der Waals surface area contributed by atoms with Gasteiger partial charge in [0.15, 0.2) is 5.17 Å². The molecule has 10 heteroatoms. The molecule has 2 atom stereocenters. The number of nitrogens with zero attached hydrogens (tertiary/aromatic N) is 2. The van der Waals surface area contributed by atoms with Crippen molar-refractivity contribution < 1.29 is 28.5 Å². The molecule has 9 nitrogen and oxygen atoms in total. The van der Waals surface area contributed by atoms with E-state index >= 15 is 0 Å². The maximum atomic E-state index is 13.3. The number of thioether (sulfide) groups is 1. The topological polar surface area (TPSA) is 98.7 Å². The van der Waals surface area contributed by atoms with E-state index in [0.717, 1.165) is 17.7 Å². The minimum atomic E-state index is -0.601. The molecule has 190 valence electrons. The van der Waals surface area contributed by atoms with E-state index < -0.39 is 12.0 Å². The summed E-state index contributed by atoms with van der Waals surface area (Å²) in [6.07, 6.45) is 0.984. The van der Waals surface area contributed by atoms with Gasteiger partial charge in [-0.05, 0) is 37.8 Å². The highest BCUT2D eigenvalue weighted by atomic mass is 32.2. The van der Waals surface area contributed by atoms with Crippen LogP contribution in [-0.4, -0.2) is 62.5 Å². The smallest absolute Gasteiger partial charge is 0.338 e. The number of ether oxygens (including phenoxy) is 4. The standard InChI is InChI=1S/C25H33N3O6S/c1-7-15(2)26-21(29)12-17-14-35-25-27-16(3)22(24(30)34-11-10-31-4)23(28(17)25)19-9-8-18(32-5)13-20(19)33-6/h8-9,13-15,23H,7,10-12H2,1-6H3,(H,26,29)/t15-,23+/m1/s1. The number of nitrogens with one attached hydrogen (secondary N) is 1. The average molecular weight is 504 g/mol. The molecule has 3 rings (SSSR count). The summed E-state index contributed by atoms with van der Waals surface area (Å²) in [5.41, 5.74) is 2.40. The summed E-state index contributed by atoms with van der Waals surface area (Å²) in [4.78, 5) is 32.6. The molecule has 1 aromatic carbocycles. The summed E-state index contributed by atoms with van der Waals surface area (Å²) in [5.74, 6) is 0.583. The molecular weight excluding hydrogens is 470 g/mol. The van der Waals surface area contributed by atoms with Crippen LogP contribution >= 0.6 is 11.8 Å². The van der Waals surface area contributed by atoms with Gasteiger partial charge in [-0.25, -0.2) is 9.79 Å². The molecule has 0 unspecified atom stereocenters. The monoisotopic (exact) mass is 503 g/mol. The molecule has 2 heterocycles. The van der Waals surface area contributed by atoms with Crippen molar-refractivity contribution in [3.05, 3.63) is 46.1 Å². The molecule has 2 aliphatic rings. The van der Waals surface area contributed by atoms with Crippen LogP contribution in [0.4, 0.5) is 0 Å². The van der Waals surface area contributed by atoms with E-state index in [1.807, 2.05) is 36.3 Å². The third-order valence-corrected chi connectivity index (χ3v) is 6.73. The lowest BCUT2D eigenvalue weighted by molar-refractivity contribution is -0.141. The third kappa shape index (κ3) is 5.99. The van der Waals surface area contributed by atoms with Gasteiger partial charge < -0.3 is 29.2 Å². The van der Waals surface area contributed by atoms with Gasteiger partial charge in [-0.1, -0.05) is 18.7 Å². The van der Waals surface area contributed by atoms with Gasteiger partial charge in [0.2, 0.25) is 5.91 Å². The van der Waals surface area contributed by atoms with Crippen LogP contribution in [0.25, 0.3) is 0 Å². The van der Waals surface area contributed by atoms with Gasteiger partial charge in [0.25, 0.3) is 0 Å². The Hall–Kier alpha value is -2.98. The van der Waals surface area contributed by atoms with Crippen LogP contribution in [0.2, 0.25) is 0 Å². The number of hydrogen-bond donors (Lipinski definition) is 1. The number of amides is 1. The lowest BCUT2D eigenvalue weighted by atomic mass is 9.93. The van der Waals surface area contributed by atoms with Crippen molar-refractivity contribution in [2.45, 2.75) is 45.7 Å². The number of rotatable bonds is 11. The first-order chi connectivity index (χ1) is 16.8. The molecule has 0 fully saturated rings. The second kappa shape index (κ2) is 12.1. The van der Waals surface area contributed by atoms with E-state index in [0.29, 0.717) is 27.9 Å². The fourth-order valence-electron chi connectivity index (χ4n) is 3.86. The number of allylic oxidation sites excluding steroid dienone is 1.